The molecular formula is C22H25ClFN3O4S. The Balaban J connectivity index is 1.78. The molecule has 7 nitrogen and oxygen atoms in total. The van der Waals surface area contributed by atoms with Gasteiger partial charge in [-0.05, 0) is 55.3 Å². The van der Waals surface area contributed by atoms with Gasteiger partial charge in [-0.3, -0.25) is 9.59 Å². The molecule has 2 aromatic rings. The van der Waals surface area contributed by atoms with Crippen LogP contribution in [-0.4, -0.2) is 74.6 Å². The number of halogens is 2. The van der Waals surface area contributed by atoms with Crippen LogP contribution in [0.1, 0.15) is 31.8 Å². The molecule has 0 aliphatic carbocycles. The summed E-state index contributed by atoms with van der Waals surface area (Å²) in [4.78, 5) is 28.9. The number of carbonyl (C=O) groups is 2. The zero-order valence-corrected chi connectivity index (χ0v) is 19.9. The second-order valence-corrected chi connectivity index (χ2v) is 10.5. The average molecular weight is 482 g/mol. The molecule has 0 bridgehead atoms. The van der Waals surface area contributed by atoms with Crippen LogP contribution in [0.3, 0.4) is 0 Å². The molecule has 0 aromatic heterocycles. The second-order valence-electron chi connectivity index (χ2n) is 7.91. The van der Waals surface area contributed by atoms with Crippen molar-refractivity contribution in [2.45, 2.75) is 18.7 Å². The number of amides is 2. The fourth-order valence-electron chi connectivity index (χ4n) is 3.54. The van der Waals surface area contributed by atoms with Gasteiger partial charge in [0.05, 0.1) is 10.5 Å². The number of carbonyl (C=O) groups excluding carboxylic acids is 2. The first-order chi connectivity index (χ1) is 14.9. The summed E-state index contributed by atoms with van der Waals surface area (Å²) in [5.41, 5.74) is 1.45. The van der Waals surface area contributed by atoms with Crippen molar-refractivity contribution in [1.29, 1.82) is 0 Å². The fourth-order valence-corrected chi connectivity index (χ4v) is 4.93. The Kier molecular flexibility index (Phi) is 6.92. The summed E-state index contributed by atoms with van der Waals surface area (Å²) >= 11 is 5.88. The number of benzene rings is 2. The minimum atomic E-state index is -3.71. The Labute approximate surface area is 192 Å². The first kappa shape index (κ1) is 24.2. The molecule has 10 heteroatoms. The van der Waals surface area contributed by atoms with Gasteiger partial charge in [0.15, 0.2) is 0 Å². The third-order valence-electron chi connectivity index (χ3n) is 5.64. The van der Waals surface area contributed by atoms with Crippen molar-refractivity contribution in [3.05, 3.63) is 63.4 Å². The first-order valence-electron chi connectivity index (χ1n) is 10.0. The number of aryl methyl sites for hydroxylation is 1. The van der Waals surface area contributed by atoms with E-state index >= 15 is 0 Å². The van der Waals surface area contributed by atoms with Crippen molar-refractivity contribution in [1.82, 2.24) is 14.1 Å². The Hall–Kier alpha value is -2.49. The Morgan fingerprint density at radius 1 is 0.969 bits per heavy atom. The summed E-state index contributed by atoms with van der Waals surface area (Å²) in [6.45, 7) is 4.41. The zero-order valence-electron chi connectivity index (χ0n) is 18.4. The van der Waals surface area contributed by atoms with E-state index in [0.29, 0.717) is 11.1 Å². The molecule has 0 spiro atoms. The van der Waals surface area contributed by atoms with E-state index < -0.39 is 21.7 Å². The third kappa shape index (κ3) is 4.65. The van der Waals surface area contributed by atoms with Crippen LogP contribution >= 0.6 is 11.6 Å². The van der Waals surface area contributed by atoms with Crippen LogP contribution in [0, 0.1) is 19.7 Å². The van der Waals surface area contributed by atoms with Gasteiger partial charge in [0, 0.05) is 50.9 Å². The highest BCUT2D eigenvalue weighted by atomic mass is 35.5. The largest absolute Gasteiger partial charge is 0.335 e. The van der Waals surface area contributed by atoms with E-state index in [1.165, 1.54) is 37.2 Å². The molecule has 1 aliphatic rings. The number of hydrogen-bond acceptors (Lipinski definition) is 4. The molecule has 0 radical (unpaired) electrons. The van der Waals surface area contributed by atoms with Gasteiger partial charge in [-0.25, -0.2) is 17.1 Å². The molecule has 32 heavy (non-hydrogen) atoms. The molecule has 0 atom stereocenters. The maximum atomic E-state index is 14.0. The molecule has 1 saturated heterocycles. The summed E-state index contributed by atoms with van der Waals surface area (Å²) in [7, 11) is -0.828. The minimum absolute atomic E-state index is 0.0936. The van der Waals surface area contributed by atoms with E-state index in [9.17, 15) is 22.4 Å². The number of piperazine rings is 1. The predicted octanol–water partition coefficient (Wildman–Crippen LogP) is 2.94. The van der Waals surface area contributed by atoms with Gasteiger partial charge in [0.25, 0.3) is 11.8 Å². The lowest BCUT2D eigenvalue weighted by Crippen LogP contribution is -2.50. The van der Waals surface area contributed by atoms with Crippen LogP contribution in [-0.2, 0) is 10.0 Å². The van der Waals surface area contributed by atoms with Crippen molar-refractivity contribution in [2.24, 2.45) is 0 Å². The smallest absolute Gasteiger partial charge is 0.257 e. The standard InChI is InChI=1S/C22H25ClFN3O4S/c1-14-11-16(12-20(15(14)2)32(30,31)25(3)4)21(28)26-7-9-27(10-8-26)22(29)18-13-17(23)5-6-19(18)24/h5-6,11-13H,7-10H2,1-4H3. The van der Waals surface area contributed by atoms with Crippen molar-refractivity contribution in [3.8, 4) is 0 Å². The van der Waals surface area contributed by atoms with Crippen molar-refractivity contribution >= 4 is 33.4 Å². The minimum Gasteiger partial charge on any atom is -0.335 e. The summed E-state index contributed by atoms with van der Waals surface area (Å²) in [5.74, 6) is -1.45. The highest BCUT2D eigenvalue weighted by Crippen LogP contribution is 2.25. The van der Waals surface area contributed by atoms with E-state index in [1.54, 1.807) is 24.8 Å². The maximum Gasteiger partial charge on any atom is 0.257 e. The molecule has 3 rings (SSSR count). The van der Waals surface area contributed by atoms with Crippen molar-refractivity contribution in [3.63, 3.8) is 0 Å². The average Bonchev–Trinajstić information content (AvgIpc) is 2.76. The monoisotopic (exact) mass is 481 g/mol. The van der Waals surface area contributed by atoms with Crippen molar-refractivity contribution in [2.75, 3.05) is 40.3 Å². The van der Waals surface area contributed by atoms with Crippen molar-refractivity contribution < 1.29 is 22.4 Å². The Bertz CT molecular complexity index is 1180. The topological polar surface area (TPSA) is 78.0 Å². The van der Waals surface area contributed by atoms with Crippen LogP contribution in [0.4, 0.5) is 4.39 Å². The molecule has 2 aromatic carbocycles. The fraction of sp³-hybridized carbons (Fsp3) is 0.364. The quantitative estimate of drug-likeness (QED) is 0.672. The molecular weight excluding hydrogens is 457 g/mol. The lowest BCUT2D eigenvalue weighted by molar-refractivity contribution is 0.0532. The van der Waals surface area contributed by atoms with Gasteiger partial charge in [0.2, 0.25) is 10.0 Å². The summed E-state index contributed by atoms with van der Waals surface area (Å²) < 4.78 is 40.5. The lowest BCUT2D eigenvalue weighted by Gasteiger charge is -2.35. The predicted molar refractivity (Wildman–Crippen MR) is 120 cm³/mol. The summed E-state index contributed by atoms with van der Waals surface area (Å²) in [6.07, 6.45) is 0. The number of sulfonamides is 1. The molecule has 1 heterocycles. The third-order valence-corrected chi connectivity index (χ3v) is 7.81. The van der Waals surface area contributed by atoms with Crippen LogP contribution in [0.15, 0.2) is 35.2 Å². The van der Waals surface area contributed by atoms with Crippen LogP contribution in [0.25, 0.3) is 0 Å². The van der Waals surface area contributed by atoms with E-state index in [-0.39, 0.29) is 53.1 Å². The van der Waals surface area contributed by atoms with Crippen LogP contribution < -0.4 is 0 Å². The Morgan fingerprint density at radius 3 is 2.09 bits per heavy atom. The molecule has 1 aliphatic heterocycles. The van der Waals surface area contributed by atoms with Gasteiger partial charge >= 0.3 is 0 Å². The number of nitrogens with zero attached hydrogens (tertiary/aromatic N) is 3. The molecule has 0 saturated carbocycles. The molecule has 0 N–H and O–H groups in total. The Morgan fingerprint density at radius 2 is 1.53 bits per heavy atom. The number of rotatable bonds is 4. The van der Waals surface area contributed by atoms with E-state index in [1.807, 2.05) is 0 Å². The van der Waals surface area contributed by atoms with Gasteiger partial charge in [0.1, 0.15) is 5.82 Å². The van der Waals surface area contributed by atoms with E-state index in [2.05, 4.69) is 0 Å². The SMILES string of the molecule is Cc1cc(C(=O)N2CCN(C(=O)c3cc(Cl)ccc3F)CC2)cc(S(=O)(=O)N(C)C)c1C. The first-order valence-corrected chi connectivity index (χ1v) is 11.8. The van der Waals surface area contributed by atoms with E-state index in [4.69, 9.17) is 11.6 Å². The molecule has 2 amide bonds. The van der Waals surface area contributed by atoms with Gasteiger partial charge in [-0.2, -0.15) is 0 Å². The maximum absolute atomic E-state index is 14.0. The van der Waals surface area contributed by atoms with Crippen LogP contribution in [0.2, 0.25) is 5.02 Å². The summed E-state index contributed by atoms with van der Waals surface area (Å²) in [5, 5.41) is 0.266. The summed E-state index contributed by atoms with van der Waals surface area (Å²) in [6, 6.07) is 6.88. The highest BCUT2D eigenvalue weighted by Gasteiger charge is 2.29. The van der Waals surface area contributed by atoms with Gasteiger partial charge < -0.3 is 9.80 Å². The van der Waals surface area contributed by atoms with Gasteiger partial charge in [-0.15, -0.1) is 0 Å². The molecule has 1 fully saturated rings. The normalized spacial score (nSPS) is 14.7. The second kappa shape index (κ2) is 9.17. The van der Waals surface area contributed by atoms with E-state index in [0.717, 1.165) is 10.4 Å². The lowest BCUT2D eigenvalue weighted by atomic mass is 10.0. The zero-order chi connectivity index (χ0) is 23.8. The van der Waals surface area contributed by atoms with Gasteiger partial charge in [-0.1, -0.05) is 11.6 Å². The van der Waals surface area contributed by atoms with Crippen LogP contribution in [0.5, 0.6) is 0 Å². The highest BCUT2D eigenvalue weighted by molar-refractivity contribution is 7.89. The molecule has 0 unspecified atom stereocenters. The molecule has 172 valence electrons. The number of hydrogen-bond donors (Lipinski definition) is 0.